The first kappa shape index (κ1) is 27.1. The smallest absolute Gasteiger partial charge is 0.168 e. The van der Waals surface area contributed by atoms with Crippen molar-refractivity contribution in [3.8, 4) is 22.6 Å². The highest BCUT2D eigenvalue weighted by Crippen LogP contribution is 2.40. The molecule has 0 aliphatic heterocycles. The lowest BCUT2D eigenvalue weighted by Gasteiger charge is -2.29. The third kappa shape index (κ3) is 6.88. The van der Waals surface area contributed by atoms with E-state index in [0.717, 1.165) is 37.2 Å². The van der Waals surface area contributed by atoms with Crippen molar-refractivity contribution in [3.05, 3.63) is 83.2 Å². The van der Waals surface area contributed by atoms with Crippen LogP contribution in [0.25, 0.3) is 11.1 Å². The molecule has 0 unspecified atom stereocenters. The molecule has 2 nitrogen and oxygen atoms in total. The largest absolute Gasteiger partial charge is 0.491 e. The molecule has 37 heavy (non-hydrogen) atoms. The van der Waals surface area contributed by atoms with Gasteiger partial charge in [-0.2, -0.15) is 0 Å². The lowest BCUT2D eigenvalue weighted by atomic mass is 9.76. The topological polar surface area (TPSA) is 18.5 Å². The number of rotatable bonds is 11. The average Bonchev–Trinajstić information content (AvgIpc) is 2.91. The van der Waals surface area contributed by atoms with Gasteiger partial charge in [0.05, 0.1) is 6.61 Å². The van der Waals surface area contributed by atoms with Crippen LogP contribution in [0.1, 0.15) is 82.3 Å². The monoisotopic (exact) mass is 510 g/mol. The summed E-state index contributed by atoms with van der Waals surface area (Å²) in [6.07, 6.45) is 9.10. The SMILES string of the molecule is CCCCCC1CCC(c2ccc(-c3ccc(COc4ccc(OCC)c(F)c4)cc3)c(F)c2F)CC1. The predicted molar refractivity (Wildman–Crippen MR) is 143 cm³/mol. The molecule has 4 rings (SSSR count). The lowest BCUT2D eigenvalue weighted by molar-refractivity contribution is 0.297. The Hall–Kier alpha value is -2.95. The zero-order valence-corrected chi connectivity index (χ0v) is 21.9. The fourth-order valence-electron chi connectivity index (χ4n) is 5.34. The Morgan fingerprint density at radius 3 is 2.22 bits per heavy atom. The Bertz CT molecular complexity index is 1150. The highest BCUT2D eigenvalue weighted by Gasteiger charge is 2.26. The van der Waals surface area contributed by atoms with Gasteiger partial charge in [-0.3, -0.25) is 0 Å². The molecule has 1 saturated carbocycles. The van der Waals surface area contributed by atoms with Gasteiger partial charge >= 0.3 is 0 Å². The first-order chi connectivity index (χ1) is 18.0. The van der Waals surface area contributed by atoms with Crippen LogP contribution in [-0.4, -0.2) is 6.61 Å². The van der Waals surface area contributed by atoms with Crippen molar-refractivity contribution in [1.29, 1.82) is 0 Å². The van der Waals surface area contributed by atoms with Crippen molar-refractivity contribution in [2.24, 2.45) is 5.92 Å². The first-order valence-corrected chi connectivity index (χ1v) is 13.6. The minimum absolute atomic E-state index is 0.0953. The summed E-state index contributed by atoms with van der Waals surface area (Å²) < 4.78 is 55.2. The van der Waals surface area contributed by atoms with Gasteiger partial charge in [0.25, 0.3) is 0 Å². The van der Waals surface area contributed by atoms with Gasteiger partial charge in [-0.05, 0) is 73.3 Å². The molecule has 0 heterocycles. The molecule has 0 aromatic heterocycles. The number of unbranched alkanes of at least 4 members (excludes halogenated alkanes) is 2. The van der Waals surface area contributed by atoms with Gasteiger partial charge in [-0.1, -0.05) is 69.0 Å². The summed E-state index contributed by atoms with van der Waals surface area (Å²) in [4.78, 5) is 0. The highest BCUT2D eigenvalue weighted by molar-refractivity contribution is 5.65. The molecule has 198 valence electrons. The van der Waals surface area contributed by atoms with E-state index < -0.39 is 17.5 Å². The van der Waals surface area contributed by atoms with Crippen molar-refractivity contribution >= 4 is 0 Å². The molecule has 0 N–H and O–H groups in total. The van der Waals surface area contributed by atoms with E-state index >= 15 is 8.78 Å². The van der Waals surface area contributed by atoms with Gasteiger partial charge in [0.2, 0.25) is 0 Å². The third-order valence-corrected chi connectivity index (χ3v) is 7.49. The average molecular weight is 511 g/mol. The zero-order chi connectivity index (χ0) is 26.2. The Morgan fingerprint density at radius 2 is 1.54 bits per heavy atom. The van der Waals surface area contributed by atoms with Crippen LogP contribution >= 0.6 is 0 Å². The molecule has 0 bridgehead atoms. The molecular weight excluding hydrogens is 473 g/mol. The van der Waals surface area contributed by atoms with Crippen LogP contribution in [0.3, 0.4) is 0 Å². The molecule has 1 fully saturated rings. The van der Waals surface area contributed by atoms with E-state index in [1.165, 1.54) is 37.8 Å². The van der Waals surface area contributed by atoms with Gasteiger partial charge in [-0.25, -0.2) is 13.2 Å². The maximum Gasteiger partial charge on any atom is 0.168 e. The number of ether oxygens (including phenoxy) is 2. The lowest BCUT2D eigenvalue weighted by Crippen LogP contribution is -2.15. The third-order valence-electron chi connectivity index (χ3n) is 7.49. The standard InChI is InChI=1S/C32H37F3O2/c1-3-5-6-7-22-8-12-24(13-9-22)27-17-18-28(32(35)31(27)34)25-14-10-23(11-15-25)21-37-26-16-19-30(36-4-2)29(33)20-26/h10-11,14-20,22,24H,3-9,12-13,21H2,1-2H3. The Kier molecular flexibility index (Phi) is 9.54. The van der Waals surface area contributed by atoms with Crippen molar-refractivity contribution in [3.63, 3.8) is 0 Å². The molecule has 3 aromatic rings. The zero-order valence-electron chi connectivity index (χ0n) is 21.9. The van der Waals surface area contributed by atoms with Crippen LogP contribution < -0.4 is 9.47 Å². The van der Waals surface area contributed by atoms with Crippen LogP contribution in [0, 0.1) is 23.4 Å². The first-order valence-electron chi connectivity index (χ1n) is 13.6. The fraction of sp³-hybridized carbons (Fsp3) is 0.438. The highest BCUT2D eigenvalue weighted by atomic mass is 19.2. The van der Waals surface area contributed by atoms with Crippen molar-refractivity contribution in [2.75, 3.05) is 6.61 Å². The molecule has 3 aromatic carbocycles. The number of hydrogen-bond acceptors (Lipinski definition) is 2. The van der Waals surface area contributed by atoms with Crippen molar-refractivity contribution in [1.82, 2.24) is 0 Å². The van der Waals surface area contributed by atoms with E-state index in [9.17, 15) is 4.39 Å². The van der Waals surface area contributed by atoms with Gasteiger partial charge < -0.3 is 9.47 Å². The molecule has 0 atom stereocenters. The fourth-order valence-corrected chi connectivity index (χ4v) is 5.34. The van der Waals surface area contributed by atoms with Crippen LogP contribution in [0.5, 0.6) is 11.5 Å². The van der Waals surface area contributed by atoms with Crippen LogP contribution in [-0.2, 0) is 6.61 Å². The minimum Gasteiger partial charge on any atom is -0.491 e. The second kappa shape index (κ2) is 13.0. The van der Waals surface area contributed by atoms with Crippen LogP contribution in [0.4, 0.5) is 13.2 Å². The number of halogens is 3. The summed E-state index contributed by atoms with van der Waals surface area (Å²) in [5, 5.41) is 0. The second-order valence-corrected chi connectivity index (χ2v) is 10.1. The van der Waals surface area contributed by atoms with E-state index in [-0.39, 0.29) is 23.8 Å². The molecule has 0 saturated heterocycles. The van der Waals surface area contributed by atoms with Crippen LogP contribution in [0.2, 0.25) is 0 Å². The maximum absolute atomic E-state index is 15.1. The van der Waals surface area contributed by atoms with Gasteiger partial charge in [0, 0.05) is 11.6 Å². The Morgan fingerprint density at radius 1 is 0.784 bits per heavy atom. The summed E-state index contributed by atoms with van der Waals surface area (Å²) in [5.74, 6) is -0.564. The van der Waals surface area contributed by atoms with Gasteiger partial charge in [0.1, 0.15) is 12.4 Å². The quantitative estimate of drug-likeness (QED) is 0.239. The summed E-state index contributed by atoms with van der Waals surface area (Å²) in [5.41, 5.74) is 2.22. The second-order valence-electron chi connectivity index (χ2n) is 10.1. The van der Waals surface area contributed by atoms with Gasteiger partial charge in [0.15, 0.2) is 23.2 Å². The van der Waals surface area contributed by atoms with Gasteiger partial charge in [-0.15, -0.1) is 0 Å². The van der Waals surface area contributed by atoms with Crippen molar-refractivity contribution in [2.45, 2.75) is 77.7 Å². The summed E-state index contributed by atoms with van der Waals surface area (Å²) in [6.45, 7) is 4.62. The predicted octanol–water partition coefficient (Wildman–Crippen LogP) is 9.60. The minimum atomic E-state index is -0.781. The summed E-state index contributed by atoms with van der Waals surface area (Å²) in [6, 6.07) is 15.1. The molecule has 1 aliphatic carbocycles. The van der Waals surface area contributed by atoms with E-state index in [0.29, 0.717) is 23.5 Å². The van der Waals surface area contributed by atoms with Crippen molar-refractivity contribution < 1.29 is 22.6 Å². The van der Waals surface area contributed by atoms with Crippen LogP contribution in [0.15, 0.2) is 54.6 Å². The number of benzene rings is 3. The molecule has 0 amide bonds. The summed E-state index contributed by atoms with van der Waals surface area (Å²) in [7, 11) is 0. The van der Waals surface area contributed by atoms with E-state index in [2.05, 4.69) is 6.92 Å². The molecule has 0 radical (unpaired) electrons. The Labute approximate surface area is 218 Å². The maximum atomic E-state index is 15.1. The van der Waals surface area contributed by atoms with E-state index in [1.54, 1.807) is 37.3 Å². The molecular formula is C32H37F3O2. The molecule has 5 heteroatoms. The normalized spacial score (nSPS) is 17.5. The number of hydrogen-bond donors (Lipinski definition) is 0. The molecule has 1 aliphatic rings. The van der Waals surface area contributed by atoms with E-state index in [1.807, 2.05) is 12.1 Å². The summed E-state index contributed by atoms with van der Waals surface area (Å²) >= 11 is 0. The molecule has 0 spiro atoms. The van der Waals surface area contributed by atoms with E-state index in [4.69, 9.17) is 9.47 Å². The Balaban J connectivity index is 1.37.